The van der Waals surface area contributed by atoms with Crippen molar-refractivity contribution in [2.75, 3.05) is 0 Å². The van der Waals surface area contributed by atoms with Crippen LogP contribution >= 0.6 is 27.5 Å². The average Bonchev–Trinajstić information content (AvgIpc) is 2.47. The van der Waals surface area contributed by atoms with Gasteiger partial charge in [0.15, 0.2) is 0 Å². The van der Waals surface area contributed by atoms with E-state index in [2.05, 4.69) is 25.9 Å². The predicted octanol–water partition coefficient (Wildman–Crippen LogP) is 2.47. The van der Waals surface area contributed by atoms with Crippen LogP contribution in [0.15, 0.2) is 16.6 Å². The summed E-state index contributed by atoms with van der Waals surface area (Å²) < 4.78 is 0.887. The predicted molar refractivity (Wildman–Crippen MR) is 54.7 cm³/mol. The van der Waals surface area contributed by atoms with Crippen molar-refractivity contribution in [3.63, 3.8) is 0 Å². The fourth-order valence-electron chi connectivity index (χ4n) is 1.17. The molecule has 0 amide bonds. The third kappa shape index (κ3) is 1.57. The second-order valence-corrected chi connectivity index (χ2v) is 3.95. The third-order valence-electron chi connectivity index (χ3n) is 1.70. The Labute approximate surface area is 87.9 Å². The molecule has 0 spiro atoms. The van der Waals surface area contributed by atoms with Crippen LogP contribution in [0, 0.1) is 0 Å². The van der Waals surface area contributed by atoms with Crippen LogP contribution in [0.1, 0.15) is 5.82 Å². The summed E-state index contributed by atoms with van der Waals surface area (Å²) in [6.45, 7) is -0.109. The van der Waals surface area contributed by atoms with Gasteiger partial charge in [-0.2, -0.15) is 0 Å². The Morgan fingerprint density at radius 1 is 1.54 bits per heavy atom. The van der Waals surface area contributed by atoms with E-state index in [0.29, 0.717) is 16.4 Å². The van der Waals surface area contributed by atoms with Crippen molar-refractivity contribution in [1.29, 1.82) is 0 Å². The van der Waals surface area contributed by atoms with Crippen LogP contribution in [0.3, 0.4) is 0 Å². The molecule has 0 atom stereocenters. The van der Waals surface area contributed by atoms with E-state index < -0.39 is 0 Å². The summed E-state index contributed by atoms with van der Waals surface area (Å²) in [5.41, 5.74) is 1.51. The number of aromatic nitrogens is 2. The molecule has 0 aliphatic carbocycles. The number of nitrogens with zero attached hydrogens (tertiary/aromatic N) is 1. The number of hydrogen-bond acceptors (Lipinski definition) is 2. The molecule has 3 nitrogen and oxygen atoms in total. The Kier molecular flexibility index (Phi) is 2.27. The molecule has 2 rings (SSSR count). The number of halogens is 2. The lowest BCUT2D eigenvalue weighted by Gasteiger charge is -1.92. The zero-order valence-electron chi connectivity index (χ0n) is 6.51. The van der Waals surface area contributed by atoms with Gasteiger partial charge in [0, 0.05) is 4.47 Å². The molecule has 2 N–H and O–H groups in total. The van der Waals surface area contributed by atoms with Crippen molar-refractivity contribution < 1.29 is 5.11 Å². The number of imidazole rings is 1. The molecule has 5 heteroatoms. The van der Waals surface area contributed by atoms with Gasteiger partial charge in [-0.1, -0.05) is 27.5 Å². The number of benzene rings is 1. The van der Waals surface area contributed by atoms with Gasteiger partial charge in [0.2, 0.25) is 0 Å². The van der Waals surface area contributed by atoms with Crippen LogP contribution in [0.25, 0.3) is 11.0 Å². The highest BCUT2D eigenvalue weighted by Gasteiger charge is 2.06. The van der Waals surface area contributed by atoms with Gasteiger partial charge in [-0.05, 0) is 12.1 Å². The number of aromatic amines is 1. The quantitative estimate of drug-likeness (QED) is 0.828. The first kappa shape index (κ1) is 8.99. The van der Waals surface area contributed by atoms with Gasteiger partial charge >= 0.3 is 0 Å². The van der Waals surface area contributed by atoms with Gasteiger partial charge in [0.1, 0.15) is 17.9 Å². The molecule has 0 radical (unpaired) electrons. The molecular weight excluding hydrogens is 255 g/mol. The zero-order valence-corrected chi connectivity index (χ0v) is 8.85. The van der Waals surface area contributed by atoms with Crippen LogP contribution in [0.2, 0.25) is 5.02 Å². The standard InChI is InChI=1S/C8H6BrClN2O/c9-4-1-5(10)8-6(2-4)11-7(3-13)12-8/h1-2,13H,3H2,(H,11,12). The van der Waals surface area contributed by atoms with Crippen molar-refractivity contribution in [3.05, 3.63) is 27.5 Å². The Balaban J connectivity index is 2.75. The second-order valence-electron chi connectivity index (χ2n) is 2.63. The minimum atomic E-state index is -0.109. The molecule has 0 fully saturated rings. The van der Waals surface area contributed by atoms with Gasteiger partial charge in [-0.3, -0.25) is 0 Å². The van der Waals surface area contributed by atoms with E-state index in [0.717, 1.165) is 9.99 Å². The second kappa shape index (κ2) is 3.29. The topological polar surface area (TPSA) is 48.9 Å². The molecule has 0 saturated heterocycles. The summed E-state index contributed by atoms with van der Waals surface area (Å²) in [7, 11) is 0. The van der Waals surface area contributed by atoms with Crippen LogP contribution in [-0.4, -0.2) is 15.1 Å². The maximum atomic E-state index is 8.85. The molecule has 0 saturated carbocycles. The first-order chi connectivity index (χ1) is 6.20. The number of aliphatic hydroxyl groups excluding tert-OH is 1. The first-order valence-electron chi connectivity index (χ1n) is 3.65. The Bertz CT molecular complexity index is 455. The fourth-order valence-corrected chi connectivity index (χ4v) is 2.02. The van der Waals surface area contributed by atoms with E-state index in [1.807, 2.05) is 6.07 Å². The lowest BCUT2D eigenvalue weighted by atomic mass is 10.3. The highest BCUT2D eigenvalue weighted by molar-refractivity contribution is 9.10. The highest BCUT2D eigenvalue weighted by Crippen LogP contribution is 2.26. The molecule has 0 aliphatic heterocycles. The summed E-state index contributed by atoms with van der Waals surface area (Å²) in [5, 5.41) is 9.42. The molecule has 2 aromatic rings. The van der Waals surface area contributed by atoms with Crippen molar-refractivity contribution in [2.45, 2.75) is 6.61 Å². The summed E-state index contributed by atoms with van der Waals surface area (Å²) in [6.07, 6.45) is 0. The Morgan fingerprint density at radius 2 is 2.31 bits per heavy atom. The summed E-state index contributed by atoms with van der Waals surface area (Å²) in [4.78, 5) is 7.06. The number of H-pyrrole nitrogens is 1. The smallest absolute Gasteiger partial charge is 0.133 e. The van der Waals surface area contributed by atoms with E-state index in [-0.39, 0.29) is 6.61 Å². The molecule has 0 bridgehead atoms. The molecule has 0 unspecified atom stereocenters. The minimum absolute atomic E-state index is 0.109. The Hall–Kier alpha value is -0.580. The highest BCUT2D eigenvalue weighted by atomic mass is 79.9. The SMILES string of the molecule is OCc1nc2c(Cl)cc(Br)cc2[nH]1. The molecule has 1 heterocycles. The number of hydrogen-bond donors (Lipinski definition) is 2. The molecule has 1 aromatic carbocycles. The van der Waals surface area contributed by atoms with Crippen molar-refractivity contribution in [1.82, 2.24) is 9.97 Å². The van der Waals surface area contributed by atoms with E-state index in [9.17, 15) is 0 Å². The van der Waals surface area contributed by atoms with Gasteiger partial charge in [-0.25, -0.2) is 4.98 Å². The third-order valence-corrected chi connectivity index (χ3v) is 2.45. The molecule has 1 aromatic heterocycles. The molecular formula is C8H6BrClN2O. The lowest BCUT2D eigenvalue weighted by molar-refractivity contribution is 0.273. The van der Waals surface area contributed by atoms with Crippen molar-refractivity contribution >= 4 is 38.6 Å². The summed E-state index contributed by atoms with van der Waals surface area (Å²) in [6, 6.07) is 3.64. The minimum Gasteiger partial charge on any atom is -0.388 e. The van der Waals surface area contributed by atoms with E-state index in [4.69, 9.17) is 16.7 Å². The van der Waals surface area contributed by atoms with Crippen LogP contribution in [-0.2, 0) is 6.61 Å². The van der Waals surface area contributed by atoms with Gasteiger partial charge in [0.05, 0.1) is 10.5 Å². The van der Waals surface area contributed by atoms with Crippen LogP contribution in [0.5, 0.6) is 0 Å². The van der Waals surface area contributed by atoms with E-state index in [1.54, 1.807) is 6.07 Å². The number of aliphatic hydroxyl groups is 1. The number of fused-ring (bicyclic) bond motifs is 1. The van der Waals surface area contributed by atoms with Gasteiger partial charge < -0.3 is 10.1 Å². The molecule has 0 aliphatic rings. The number of rotatable bonds is 1. The van der Waals surface area contributed by atoms with Gasteiger partial charge in [-0.15, -0.1) is 0 Å². The molecule has 68 valence electrons. The van der Waals surface area contributed by atoms with Crippen LogP contribution < -0.4 is 0 Å². The first-order valence-corrected chi connectivity index (χ1v) is 4.82. The van der Waals surface area contributed by atoms with E-state index >= 15 is 0 Å². The van der Waals surface area contributed by atoms with Crippen LogP contribution in [0.4, 0.5) is 0 Å². The fraction of sp³-hybridized carbons (Fsp3) is 0.125. The van der Waals surface area contributed by atoms with E-state index in [1.165, 1.54) is 0 Å². The van der Waals surface area contributed by atoms with Gasteiger partial charge in [0.25, 0.3) is 0 Å². The maximum absolute atomic E-state index is 8.85. The van der Waals surface area contributed by atoms with Crippen molar-refractivity contribution in [2.24, 2.45) is 0 Å². The monoisotopic (exact) mass is 260 g/mol. The molecule has 13 heavy (non-hydrogen) atoms. The average molecular weight is 262 g/mol. The maximum Gasteiger partial charge on any atom is 0.133 e. The normalized spacial score (nSPS) is 11.0. The Morgan fingerprint density at radius 3 is 3.00 bits per heavy atom. The number of nitrogens with one attached hydrogen (secondary N) is 1. The summed E-state index contributed by atoms with van der Waals surface area (Å²) >= 11 is 9.26. The summed E-state index contributed by atoms with van der Waals surface area (Å²) in [5.74, 6) is 0.523. The lowest BCUT2D eigenvalue weighted by Crippen LogP contribution is -1.83. The largest absolute Gasteiger partial charge is 0.388 e. The van der Waals surface area contributed by atoms with Crippen molar-refractivity contribution in [3.8, 4) is 0 Å². The zero-order chi connectivity index (χ0) is 9.42.